The average molecular weight is 426 g/mol. The molecular formula is C26H23FN4O. The van der Waals surface area contributed by atoms with Crippen molar-refractivity contribution in [2.24, 2.45) is 0 Å². The van der Waals surface area contributed by atoms with E-state index in [4.69, 9.17) is 0 Å². The van der Waals surface area contributed by atoms with Crippen LogP contribution >= 0.6 is 0 Å². The van der Waals surface area contributed by atoms with Crippen LogP contribution in [-0.2, 0) is 6.42 Å². The fraction of sp³-hybridized carbons (Fsp3) is 0.115. The van der Waals surface area contributed by atoms with Crippen LogP contribution in [0.25, 0.3) is 11.3 Å². The average Bonchev–Trinajstić information content (AvgIpc) is 2.83. The summed E-state index contributed by atoms with van der Waals surface area (Å²) in [6.45, 7) is 0.623. The summed E-state index contributed by atoms with van der Waals surface area (Å²) in [6.07, 6.45) is 3.25. The maximum atomic E-state index is 13.5. The van der Waals surface area contributed by atoms with Crippen LogP contribution in [0.2, 0.25) is 0 Å². The summed E-state index contributed by atoms with van der Waals surface area (Å²) in [4.78, 5) is 20.8. The smallest absolute Gasteiger partial charge is 0.251 e. The molecule has 0 aliphatic carbocycles. The van der Waals surface area contributed by atoms with Gasteiger partial charge >= 0.3 is 0 Å². The molecule has 0 unspecified atom stereocenters. The molecule has 0 bridgehead atoms. The van der Waals surface area contributed by atoms with Crippen molar-refractivity contribution in [3.8, 4) is 11.3 Å². The number of anilines is 2. The summed E-state index contributed by atoms with van der Waals surface area (Å²) in [5, 5.41) is 6.15. The van der Waals surface area contributed by atoms with Crippen LogP contribution in [0.1, 0.15) is 22.3 Å². The molecule has 0 spiro atoms. The molecule has 0 aliphatic rings. The lowest BCUT2D eigenvalue weighted by Gasteiger charge is -2.09. The number of benzene rings is 3. The van der Waals surface area contributed by atoms with Gasteiger partial charge in [0.15, 0.2) is 0 Å². The van der Waals surface area contributed by atoms with E-state index < -0.39 is 0 Å². The van der Waals surface area contributed by atoms with Gasteiger partial charge < -0.3 is 10.6 Å². The summed E-state index contributed by atoms with van der Waals surface area (Å²) >= 11 is 0. The third kappa shape index (κ3) is 5.76. The molecule has 160 valence electrons. The summed E-state index contributed by atoms with van der Waals surface area (Å²) in [6, 6.07) is 25.4. The minimum atomic E-state index is -0.315. The van der Waals surface area contributed by atoms with Crippen LogP contribution in [0.5, 0.6) is 0 Å². The molecule has 2 N–H and O–H groups in total. The summed E-state index contributed by atoms with van der Waals surface area (Å²) in [5.74, 6) is 0.168. The summed E-state index contributed by atoms with van der Waals surface area (Å²) in [5.41, 5.74) is 3.94. The second-order valence-electron chi connectivity index (χ2n) is 7.35. The van der Waals surface area contributed by atoms with Crippen LogP contribution in [-0.4, -0.2) is 22.4 Å². The van der Waals surface area contributed by atoms with Crippen molar-refractivity contribution >= 4 is 17.4 Å². The van der Waals surface area contributed by atoms with Crippen molar-refractivity contribution in [2.75, 3.05) is 11.9 Å². The quantitative estimate of drug-likeness (QED) is 0.371. The minimum absolute atomic E-state index is 0.0972. The lowest BCUT2D eigenvalue weighted by atomic mass is 10.1. The Morgan fingerprint density at radius 3 is 2.47 bits per heavy atom. The number of nitrogens with one attached hydrogen (secondary N) is 2. The Morgan fingerprint density at radius 2 is 1.69 bits per heavy atom. The largest absolute Gasteiger partial charge is 0.352 e. The van der Waals surface area contributed by atoms with Crippen LogP contribution in [0.15, 0.2) is 91.3 Å². The highest BCUT2D eigenvalue weighted by Gasteiger charge is 2.07. The van der Waals surface area contributed by atoms with Crippen molar-refractivity contribution < 1.29 is 9.18 Å². The van der Waals surface area contributed by atoms with Crippen LogP contribution in [0.4, 0.5) is 15.9 Å². The molecule has 5 nitrogen and oxygen atoms in total. The molecule has 0 atom stereocenters. The number of rotatable bonds is 8. The Hall–Kier alpha value is -4.06. The molecule has 1 heterocycles. The molecule has 4 aromatic rings. The van der Waals surface area contributed by atoms with Gasteiger partial charge in [-0.15, -0.1) is 0 Å². The molecule has 32 heavy (non-hydrogen) atoms. The van der Waals surface area contributed by atoms with Gasteiger partial charge in [0.2, 0.25) is 0 Å². The van der Waals surface area contributed by atoms with Gasteiger partial charge in [-0.2, -0.15) is 0 Å². The number of halogens is 1. The van der Waals surface area contributed by atoms with Crippen molar-refractivity contribution in [3.05, 3.63) is 108 Å². The van der Waals surface area contributed by atoms with Crippen LogP contribution < -0.4 is 10.6 Å². The van der Waals surface area contributed by atoms with E-state index in [1.165, 1.54) is 24.0 Å². The predicted molar refractivity (Wildman–Crippen MR) is 124 cm³/mol. The lowest BCUT2D eigenvalue weighted by molar-refractivity contribution is 0.0953. The highest BCUT2D eigenvalue weighted by atomic mass is 19.1. The molecule has 1 aromatic heterocycles. The molecule has 0 aliphatic heterocycles. The van der Waals surface area contributed by atoms with Gasteiger partial charge in [0.1, 0.15) is 18.0 Å². The van der Waals surface area contributed by atoms with Gasteiger partial charge in [0, 0.05) is 29.4 Å². The molecule has 0 fully saturated rings. The Kier molecular flexibility index (Phi) is 6.82. The van der Waals surface area contributed by atoms with Crippen LogP contribution in [0.3, 0.4) is 0 Å². The molecule has 0 saturated carbocycles. The number of hydrogen-bond acceptors (Lipinski definition) is 4. The standard InChI is InChI=1S/C26H23FN4O/c27-22-10-4-9-21(16-22)24-17-25(30-18-29-24)31-23-13-11-20(12-14-23)26(32)28-15-5-8-19-6-2-1-3-7-19/h1-4,6-7,9-14,16-18H,5,8,15H2,(H,28,32)(H,29,30,31). The van der Waals surface area contributed by atoms with E-state index in [9.17, 15) is 9.18 Å². The topological polar surface area (TPSA) is 66.9 Å². The molecule has 0 saturated heterocycles. The normalized spacial score (nSPS) is 10.5. The number of aryl methyl sites for hydroxylation is 1. The van der Waals surface area contributed by atoms with E-state index in [1.54, 1.807) is 30.3 Å². The molecular weight excluding hydrogens is 403 g/mol. The number of carbonyl (C=O) groups is 1. The Bertz CT molecular complexity index is 1180. The molecule has 1 amide bonds. The van der Waals surface area contributed by atoms with Crippen LogP contribution in [0, 0.1) is 5.82 Å². The first-order valence-corrected chi connectivity index (χ1v) is 10.4. The van der Waals surface area contributed by atoms with Crippen molar-refractivity contribution in [2.45, 2.75) is 12.8 Å². The van der Waals surface area contributed by atoms with Crippen molar-refractivity contribution in [1.82, 2.24) is 15.3 Å². The van der Waals surface area contributed by atoms with Gasteiger partial charge in [-0.1, -0.05) is 42.5 Å². The molecule has 4 rings (SSSR count). The summed E-state index contributed by atoms with van der Waals surface area (Å²) in [7, 11) is 0. The maximum absolute atomic E-state index is 13.5. The SMILES string of the molecule is O=C(NCCCc1ccccc1)c1ccc(Nc2cc(-c3cccc(F)c3)ncn2)cc1. The van der Waals surface area contributed by atoms with E-state index in [-0.39, 0.29) is 11.7 Å². The number of amides is 1. The third-order valence-electron chi connectivity index (χ3n) is 4.98. The van der Waals surface area contributed by atoms with E-state index in [2.05, 4.69) is 32.7 Å². The predicted octanol–water partition coefficient (Wildman–Crippen LogP) is 5.39. The monoisotopic (exact) mass is 426 g/mol. The van der Waals surface area contributed by atoms with Gasteiger partial charge in [0.25, 0.3) is 5.91 Å². The summed E-state index contributed by atoms with van der Waals surface area (Å²) < 4.78 is 13.5. The molecule has 0 radical (unpaired) electrons. The number of aromatic nitrogens is 2. The highest BCUT2D eigenvalue weighted by molar-refractivity contribution is 5.94. The zero-order valence-electron chi connectivity index (χ0n) is 17.5. The second-order valence-corrected chi connectivity index (χ2v) is 7.35. The number of carbonyl (C=O) groups excluding carboxylic acids is 1. The first-order valence-electron chi connectivity index (χ1n) is 10.4. The van der Waals surface area contributed by atoms with Crippen molar-refractivity contribution in [1.29, 1.82) is 0 Å². The Labute approximate surface area is 186 Å². The minimum Gasteiger partial charge on any atom is -0.352 e. The first-order chi connectivity index (χ1) is 15.7. The third-order valence-corrected chi connectivity index (χ3v) is 4.98. The first kappa shape index (κ1) is 21.2. The zero-order valence-corrected chi connectivity index (χ0v) is 17.5. The van der Waals surface area contributed by atoms with E-state index in [0.717, 1.165) is 18.5 Å². The van der Waals surface area contributed by atoms with E-state index >= 15 is 0 Å². The fourth-order valence-electron chi connectivity index (χ4n) is 3.33. The molecule has 6 heteroatoms. The number of hydrogen-bond donors (Lipinski definition) is 2. The van der Waals surface area contributed by atoms with E-state index in [0.29, 0.717) is 29.2 Å². The van der Waals surface area contributed by atoms with Gasteiger partial charge in [-0.25, -0.2) is 14.4 Å². The van der Waals surface area contributed by atoms with Crippen molar-refractivity contribution in [3.63, 3.8) is 0 Å². The highest BCUT2D eigenvalue weighted by Crippen LogP contribution is 2.22. The molecule has 3 aromatic carbocycles. The van der Waals surface area contributed by atoms with Gasteiger partial charge in [-0.3, -0.25) is 4.79 Å². The Morgan fingerprint density at radius 1 is 0.875 bits per heavy atom. The zero-order chi connectivity index (χ0) is 22.2. The van der Waals surface area contributed by atoms with Gasteiger partial charge in [-0.05, 0) is 54.8 Å². The number of nitrogens with zero attached hydrogens (tertiary/aromatic N) is 2. The van der Waals surface area contributed by atoms with E-state index in [1.807, 2.05) is 30.3 Å². The maximum Gasteiger partial charge on any atom is 0.251 e. The Balaban J connectivity index is 1.32. The second kappa shape index (κ2) is 10.3. The fourth-order valence-corrected chi connectivity index (χ4v) is 3.33. The lowest BCUT2D eigenvalue weighted by Crippen LogP contribution is -2.24. The van der Waals surface area contributed by atoms with Gasteiger partial charge in [0.05, 0.1) is 5.69 Å².